The van der Waals surface area contributed by atoms with Crippen LogP contribution < -0.4 is 11.1 Å². The number of nitrogens with one attached hydrogen (secondary N) is 1. The molecule has 1 fully saturated rings. The van der Waals surface area contributed by atoms with Gasteiger partial charge < -0.3 is 16.2 Å². The van der Waals surface area contributed by atoms with Crippen molar-refractivity contribution >= 4 is 8.58 Å². The summed E-state index contributed by atoms with van der Waals surface area (Å²) in [6, 6.07) is 0.0858. The zero-order chi connectivity index (χ0) is 13.4. The summed E-state index contributed by atoms with van der Waals surface area (Å²) in [4.78, 5) is 0. The third-order valence-electron chi connectivity index (χ3n) is 4.30. The number of aliphatic hydroxyl groups is 1. The van der Waals surface area contributed by atoms with Crippen molar-refractivity contribution in [3.63, 3.8) is 0 Å². The summed E-state index contributed by atoms with van der Waals surface area (Å²) < 4.78 is 0. The van der Waals surface area contributed by atoms with Gasteiger partial charge >= 0.3 is 0 Å². The van der Waals surface area contributed by atoms with Crippen LogP contribution in [0.25, 0.3) is 0 Å². The summed E-state index contributed by atoms with van der Waals surface area (Å²) in [5, 5.41) is 13.0. The summed E-state index contributed by atoms with van der Waals surface area (Å²) in [7, 11) is 0.744. The molecule has 5 unspecified atom stereocenters. The van der Waals surface area contributed by atoms with Crippen LogP contribution in [0.5, 0.6) is 0 Å². The fraction of sp³-hybridized carbons (Fsp3) is 1.00. The topological polar surface area (TPSA) is 58.3 Å². The Bertz CT molecular complexity index is 216. The highest BCUT2D eigenvalue weighted by Crippen LogP contribution is 2.31. The standard InChI is InChI=1S/C14H31N2OP/c1-3-11-7-5-6-8-12(11)9-16-13(10-17)14(15)18-4-2/h11-14,16-18H,3-10,15H2,1-2H3. The fourth-order valence-electron chi connectivity index (χ4n) is 3.08. The summed E-state index contributed by atoms with van der Waals surface area (Å²) in [6.07, 6.45) is 7.90. The lowest BCUT2D eigenvalue weighted by Gasteiger charge is -2.33. The van der Waals surface area contributed by atoms with Crippen LogP contribution in [0.2, 0.25) is 0 Å². The third kappa shape index (κ3) is 5.13. The first kappa shape index (κ1) is 16.4. The van der Waals surface area contributed by atoms with Crippen molar-refractivity contribution in [2.75, 3.05) is 19.3 Å². The smallest absolute Gasteiger partial charge is 0.0603 e. The molecule has 5 atom stereocenters. The molecule has 1 rings (SSSR count). The molecule has 0 aromatic carbocycles. The lowest BCUT2D eigenvalue weighted by Crippen LogP contribution is -2.47. The van der Waals surface area contributed by atoms with E-state index >= 15 is 0 Å². The Kier molecular flexibility index (Phi) is 8.41. The number of aliphatic hydroxyl groups excluding tert-OH is 1. The second kappa shape index (κ2) is 9.25. The lowest BCUT2D eigenvalue weighted by molar-refractivity contribution is 0.193. The number of nitrogens with two attached hydrogens (primary N) is 1. The van der Waals surface area contributed by atoms with Crippen molar-refractivity contribution in [3.05, 3.63) is 0 Å². The Hall–Kier alpha value is 0.310. The molecule has 0 amide bonds. The maximum absolute atomic E-state index is 9.44. The highest BCUT2D eigenvalue weighted by molar-refractivity contribution is 7.38. The second-order valence-corrected chi connectivity index (χ2v) is 7.28. The molecule has 4 N–H and O–H groups in total. The molecule has 3 nitrogen and oxygen atoms in total. The highest BCUT2D eigenvalue weighted by Gasteiger charge is 2.25. The maximum Gasteiger partial charge on any atom is 0.0603 e. The van der Waals surface area contributed by atoms with Gasteiger partial charge in [0.05, 0.1) is 6.61 Å². The zero-order valence-corrected chi connectivity index (χ0v) is 13.0. The predicted octanol–water partition coefficient (Wildman–Crippen LogP) is 2.14. The van der Waals surface area contributed by atoms with E-state index in [0.29, 0.717) is 0 Å². The molecule has 0 aliphatic heterocycles. The minimum absolute atomic E-state index is 0.0858. The Morgan fingerprint density at radius 1 is 1.28 bits per heavy atom. The third-order valence-corrected chi connectivity index (χ3v) is 5.59. The van der Waals surface area contributed by atoms with E-state index in [4.69, 9.17) is 5.73 Å². The van der Waals surface area contributed by atoms with Crippen LogP contribution in [0.15, 0.2) is 0 Å². The minimum atomic E-state index is 0.0858. The van der Waals surface area contributed by atoms with E-state index in [2.05, 4.69) is 19.2 Å². The van der Waals surface area contributed by atoms with Gasteiger partial charge in [-0.25, -0.2) is 0 Å². The molecule has 0 aromatic rings. The molecule has 0 aromatic heterocycles. The maximum atomic E-state index is 9.44. The molecule has 108 valence electrons. The number of hydrogen-bond donors (Lipinski definition) is 3. The molecule has 1 aliphatic rings. The largest absolute Gasteiger partial charge is 0.395 e. The van der Waals surface area contributed by atoms with E-state index in [1.165, 1.54) is 32.1 Å². The summed E-state index contributed by atoms with van der Waals surface area (Å²) >= 11 is 0. The van der Waals surface area contributed by atoms with Crippen molar-refractivity contribution < 1.29 is 5.11 Å². The Morgan fingerprint density at radius 3 is 2.50 bits per heavy atom. The first-order valence-corrected chi connectivity index (χ1v) is 8.84. The van der Waals surface area contributed by atoms with E-state index in [0.717, 1.165) is 33.1 Å². The second-order valence-electron chi connectivity index (χ2n) is 5.49. The zero-order valence-electron chi connectivity index (χ0n) is 12.0. The van der Waals surface area contributed by atoms with Crippen LogP contribution in [0.3, 0.4) is 0 Å². The highest BCUT2D eigenvalue weighted by atomic mass is 31.1. The van der Waals surface area contributed by atoms with Gasteiger partial charge in [0.1, 0.15) is 0 Å². The van der Waals surface area contributed by atoms with Crippen molar-refractivity contribution in [3.8, 4) is 0 Å². The molecule has 0 heterocycles. The van der Waals surface area contributed by atoms with Crippen molar-refractivity contribution in [1.29, 1.82) is 0 Å². The summed E-state index contributed by atoms with van der Waals surface area (Å²) in [5.41, 5.74) is 6.11. The van der Waals surface area contributed by atoms with Gasteiger partial charge in [0.15, 0.2) is 0 Å². The van der Waals surface area contributed by atoms with Gasteiger partial charge in [0, 0.05) is 11.8 Å². The van der Waals surface area contributed by atoms with Crippen LogP contribution in [0, 0.1) is 11.8 Å². The van der Waals surface area contributed by atoms with Gasteiger partial charge in [0.25, 0.3) is 0 Å². The first-order valence-electron chi connectivity index (χ1n) is 7.56. The van der Waals surface area contributed by atoms with Crippen molar-refractivity contribution in [2.24, 2.45) is 17.6 Å². The molecule has 0 spiro atoms. The van der Waals surface area contributed by atoms with Gasteiger partial charge in [-0.15, -0.1) is 8.58 Å². The Morgan fingerprint density at radius 2 is 1.94 bits per heavy atom. The van der Waals surface area contributed by atoms with Gasteiger partial charge in [-0.05, 0) is 31.0 Å². The molecule has 0 radical (unpaired) electrons. The van der Waals surface area contributed by atoms with E-state index in [1.54, 1.807) is 0 Å². The van der Waals surface area contributed by atoms with Crippen LogP contribution in [0.4, 0.5) is 0 Å². The van der Waals surface area contributed by atoms with E-state index in [1.807, 2.05) is 0 Å². The Labute approximate surface area is 114 Å². The van der Waals surface area contributed by atoms with Crippen LogP contribution in [-0.2, 0) is 0 Å². The van der Waals surface area contributed by atoms with E-state index in [-0.39, 0.29) is 18.4 Å². The molecule has 1 aliphatic carbocycles. The van der Waals surface area contributed by atoms with Gasteiger partial charge in [0.2, 0.25) is 0 Å². The SMILES string of the molecule is CCPC(N)C(CO)NCC1CCCCC1CC. The van der Waals surface area contributed by atoms with Crippen LogP contribution in [-0.4, -0.2) is 36.2 Å². The molecular weight excluding hydrogens is 243 g/mol. The monoisotopic (exact) mass is 274 g/mol. The Balaban J connectivity index is 2.36. The van der Waals surface area contributed by atoms with Crippen molar-refractivity contribution in [2.45, 2.75) is 57.8 Å². The first-order chi connectivity index (χ1) is 8.72. The van der Waals surface area contributed by atoms with Crippen LogP contribution >= 0.6 is 8.58 Å². The summed E-state index contributed by atoms with van der Waals surface area (Å²) in [5.74, 6) is 1.77. The quantitative estimate of drug-likeness (QED) is 0.594. The molecule has 0 bridgehead atoms. The summed E-state index contributed by atoms with van der Waals surface area (Å²) in [6.45, 7) is 5.65. The average Bonchev–Trinajstić information content (AvgIpc) is 2.40. The molecule has 0 saturated heterocycles. The normalized spacial score (nSPS) is 28.7. The van der Waals surface area contributed by atoms with Gasteiger partial charge in [-0.3, -0.25) is 0 Å². The molecule has 4 heteroatoms. The number of hydrogen-bond acceptors (Lipinski definition) is 3. The van der Waals surface area contributed by atoms with E-state index < -0.39 is 0 Å². The fourth-order valence-corrected chi connectivity index (χ4v) is 4.06. The average molecular weight is 274 g/mol. The minimum Gasteiger partial charge on any atom is -0.395 e. The van der Waals surface area contributed by atoms with E-state index in [9.17, 15) is 5.11 Å². The molecule has 18 heavy (non-hydrogen) atoms. The lowest BCUT2D eigenvalue weighted by atomic mass is 9.78. The molecular formula is C14H31N2OP. The van der Waals surface area contributed by atoms with Gasteiger partial charge in [-0.2, -0.15) is 0 Å². The van der Waals surface area contributed by atoms with Gasteiger partial charge in [-0.1, -0.05) is 39.5 Å². The predicted molar refractivity (Wildman–Crippen MR) is 81.4 cm³/mol. The number of rotatable bonds is 8. The van der Waals surface area contributed by atoms with Crippen LogP contribution in [0.1, 0.15) is 46.0 Å². The van der Waals surface area contributed by atoms with Crippen molar-refractivity contribution in [1.82, 2.24) is 5.32 Å². The molecule has 1 saturated carbocycles.